The number of nitrogens with zero attached hydrogens (tertiary/aromatic N) is 4. The van der Waals surface area contributed by atoms with Crippen LogP contribution < -0.4 is 4.74 Å². The van der Waals surface area contributed by atoms with Crippen LogP contribution >= 0.6 is 0 Å². The standard InChI is InChI=1S/C25H21F7N4O2/c1-3-34-35-15-36(2)14-23(37,20-10-7-18(26)12-21(20)27)24(28,29)22-11-6-17(13-33-22)16-4-8-19(9-5-16)38-25(30,31)32/h3-13,15,37H,14H2,1-2H3/b34-3+,35-15-. The smallest absolute Gasteiger partial charge is 0.406 e. The first-order chi connectivity index (χ1) is 17.8. The lowest BCUT2D eigenvalue weighted by Crippen LogP contribution is -2.51. The summed E-state index contributed by atoms with van der Waals surface area (Å²) in [5.74, 6) is -7.12. The zero-order valence-electron chi connectivity index (χ0n) is 19.9. The molecule has 0 aliphatic heterocycles. The van der Waals surface area contributed by atoms with E-state index in [0.29, 0.717) is 17.7 Å². The largest absolute Gasteiger partial charge is 0.573 e. The van der Waals surface area contributed by atoms with E-state index in [-0.39, 0.29) is 5.56 Å². The molecule has 0 radical (unpaired) electrons. The van der Waals surface area contributed by atoms with Gasteiger partial charge in [-0.1, -0.05) is 18.2 Å². The molecule has 0 aliphatic rings. The molecule has 13 heteroatoms. The minimum atomic E-state index is -4.87. The van der Waals surface area contributed by atoms with Crippen molar-refractivity contribution in [1.29, 1.82) is 0 Å². The van der Waals surface area contributed by atoms with E-state index in [1.54, 1.807) is 6.92 Å². The summed E-state index contributed by atoms with van der Waals surface area (Å²) in [6, 6.07) is 8.54. The number of aromatic nitrogens is 1. The number of hydrogen-bond donors (Lipinski definition) is 1. The van der Waals surface area contributed by atoms with E-state index in [1.165, 1.54) is 31.5 Å². The summed E-state index contributed by atoms with van der Waals surface area (Å²) in [4.78, 5) is 4.78. The van der Waals surface area contributed by atoms with Crippen LogP contribution in [0, 0.1) is 11.6 Å². The molecule has 1 aromatic heterocycles. The molecule has 202 valence electrons. The van der Waals surface area contributed by atoms with E-state index in [2.05, 4.69) is 19.9 Å². The van der Waals surface area contributed by atoms with E-state index >= 15 is 8.78 Å². The molecule has 3 rings (SSSR count). The van der Waals surface area contributed by atoms with Crippen molar-refractivity contribution in [3.05, 3.63) is 83.7 Å². The molecule has 1 N–H and O–H groups in total. The van der Waals surface area contributed by atoms with Crippen molar-refractivity contribution >= 4 is 12.6 Å². The average molecular weight is 542 g/mol. The van der Waals surface area contributed by atoms with E-state index in [1.807, 2.05) is 0 Å². The van der Waals surface area contributed by atoms with E-state index in [0.717, 1.165) is 41.7 Å². The number of aliphatic hydroxyl groups is 1. The van der Waals surface area contributed by atoms with Crippen molar-refractivity contribution in [2.24, 2.45) is 10.2 Å². The predicted molar refractivity (Wildman–Crippen MR) is 126 cm³/mol. The highest BCUT2D eigenvalue weighted by Crippen LogP contribution is 2.46. The van der Waals surface area contributed by atoms with Crippen molar-refractivity contribution in [3.63, 3.8) is 0 Å². The Bertz CT molecular complexity index is 1300. The first kappa shape index (κ1) is 28.6. The molecule has 6 nitrogen and oxygen atoms in total. The second-order valence-corrected chi connectivity index (χ2v) is 8.08. The molecule has 0 fully saturated rings. The normalized spacial score (nSPS) is 14.2. The number of halogens is 7. The van der Waals surface area contributed by atoms with Gasteiger partial charge in [0.15, 0.2) is 5.60 Å². The number of benzene rings is 2. The van der Waals surface area contributed by atoms with Gasteiger partial charge >= 0.3 is 12.3 Å². The molecule has 1 atom stereocenters. The fraction of sp³-hybridized carbons (Fsp3) is 0.240. The van der Waals surface area contributed by atoms with Gasteiger partial charge in [-0.15, -0.1) is 18.3 Å². The van der Waals surface area contributed by atoms with Crippen LogP contribution in [0.1, 0.15) is 18.2 Å². The van der Waals surface area contributed by atoms with Gasteiger partial charge in [0, 0.05) is 36.7 Å². The Morgan fingerprint density at radius 1 is 0.947 bits per heavy atom. The molecule has 0 aliphatic carbocycles. The van der Waals surface area contributed by atoms with Crippen molar-refractivity contribution in [1.82, 2.24) is 9.88 Å². The number of alkyl halides is 5. The Kier molecular flexibility index (Phi) is 8.40. The van der Waals surface area contributed by atoms with Crippen LogP contribution in [0.15, 0.2) is 71.0 Å². The highest BCUT2D eigenvalue weighted by Gasteiger charge is 2.57. The molecule has 1 unspecified atom stereocenters. The lowest BCUT2D eigenvalue weighted by atomic mass is 9.84. The quantitative estimate of drug-likeness (QED) is 0.159. The van der Waals surface area contributed by atoms with Crippen molar-refractivity contribution in [2.75, 3.05) is 13.6 Å². The SMILES string of the molecule is C/C=N/N=C\N(C)CC(O)(c1ccc(F)cc1F)C(F)(F)c1ccc(-c2ccc(OC(F)(F)F)cc2)cn1. The number of pyridine rings is 1. The van der Waals surface area contributed by atoms with Crippen LogP contribution in [0.5, 0.6) is 5.75 Å². The fourth-order valence-electron chi connectivity index (χ4n) is 3.58. The maximum atomic E-state index is 15.9. The zero-order valence-corrected chi connectivity index (χ0v) is 19.9. The summed E-state index contributed by atoms with van der Waals surface area (Å²) in [6.07, 6.45) is -1.50. The Hall–Kier alpha value is -4.00. The lowest BCUT2D eigenvalue weighted by molar-refractivity contribution is -0.274. The van der Waals surface area contributed by atoms with Crippen molar-refractivity contribution in [2.45, 2.75) is 24.8 Å². The molecule has 0 saturated heterocycles. The molecule has 1 heterocycles. The van der Waals surface area contributed by atoms with E-state index in [4.69, 9.17) is 0 Å². The highest BCUT2D eigenvalue weighted by molar-refractivity contribution is 5.63. The molecular formula is C25H21F7N4O2. The molecule has 3 aromatic rings. The van der Waals surface area contributed by atoms with Crippen LogP contribution in [-0.2, 0) is 11.5 Å². The van der Waals surface area contributed by atoms with Crippen LogP contribution in [0.3, 0.4) is 0 Å². The summed E-state index contributed by atoms with van der Waals surface area (Å²) in [5.41, 5.74) is -4.46. The fourth-order valence-corrected chi connectivity index (χ4v) is 3.58. The van der Waals surface area contributed by atoms with E-state index < -0.39 is 53.1 Å². The minimum Gasteiger partial charge on any atom is -0.406 e. The first-order valence-corrected chi connectivity index (χ1v) is 10.9. The number of hydrogen-bond acceptors (Lipinski definition) is 5. The molecule has 2 aromatic carbocycles. The molecule has 0 spiro atoms. The Labute approximate surface area is 212 Å². The highest BCUT2D eigenvalue weighted by atomic mass is 19.4. The van der Waals surface area contributed by atoms with Crippen molar-refractivity contribution in [3.8, 4) is 16.9 Å². The van der Waals surface area contributed by atoms with Crippen LogP contribution in [0.4, 0.5) is 30.7 Å². The van der Waals surface area contributed by atoms with Gasteiger partial charge < -0.3 is 14.7 Å². The second kappa shape index (κ2) is 11.2. The Balaban J connectivity index is 1.98. The molecule has 0 bridgehead atoms. The van der Waals surface area contributed by atoms with Gasteiger partial charge in [-0.2, -0.15) is 13.9 Å². The van der Waals surface area contributed by atoms with E-state index in [9.17, 15) is 27.1 Å². The first-order valence-electron chi connectivity index (χ1n) is 10.9. The second-order valence-electron chi connectivity index (χ2n) is 8.08. The third-order valence-electron chi connectivity index (χ3n) is 5.31. The average Bonchev–Trinajstić information content (AvgIpc) is 2.83. The van der Waals surface area contributed by atoms with Gasteiger partial charge in [0.25, 0.3) is 0 Å². The van der Waals surface area contributed by atoms with Gasteiger partial charge in [-0.25, -0.2) is 8.78 Å². The van der Waals surface area contributed by atoms with Crippen LogP contribution in [-0.4, -0.2) is 47.5 Å². The van der Waals surface area contributed by atoms with Crippen molar-refractivity contribution < 1.29 is 40.6 Å². The lowest BCUT2D eigenvalue weighted by Gasteiger charge is -2.38. The summed E-state index contributed by atoms with van der Waals surface area (Å²) >= 11 is 0. The zero-order chi connectivity index (χ0) is 28.1. The topological polar surface area (TPSA) is 70.3 Å². The van der Waals surface area contributed by atoms with Gasteiger partial charge in [0.2, 0.25) is 0 Å². The summed E-state index contributed by atoms with van der Waals surface area (Å²) in [6.45, 7) is 0.672. The third-order valence-corrected chi connectivity index (χ3v) is 5.31. The Morgan fingerprint density at radius 2 is 1.61 bits per heavy atom. The summed E-state index contributed by atoms with van der Waals surface area (Å²) < 4.78 is 101. The monoisotopic (exact) mass is 542 g/mol. The number of likely N-dealkylation sites (N-methyl/N-ethyl adjacent to an activating group) is 1. The molecule has 0 amide bonds. The van der Waals surface area contributed by atoms with Gasteiger partial charge in [-0.3, -0.25) is 4.98 Å². The third kappa shape index (κ3) is 6.46. The van der Waals surface area contributed by atoms with Crippen LogP contribution in [0.25, 0.3) is 11.1 Å². The maximum absolute atomic E-state index is 15.9. The molecule has 0 saturated carbocycles. The molecule has 38 heavy (non-hydrogen) atoms. The number of rotatable bonds is 9. The van der Waals surface area contributed by atoms with Gasteiger partial charge in [0.05, 0.1) is 6.54 Å². The Morgan fingerprint density at radius 3 is 2.16 bits per heavy atom. The van der Waals surface area contributed by atoms with Gasteiger partial charge in [0.1, 0.15) is 29.4 Å². The number of ether oxygens (including phenoxy) is 1. The summed E-state index contributed by atoms with van der Waals surface area (Å²) in [5, 5.41) is 18.4. The molecular weight excluding hydrogens is 521 g/mol. The van der Waals surface area contributed by atoms with Crippen LogP contribution in [0.2, 0.25) is 0 Å². The summed E-state index contributed by atoms with van der Waals surface area (Å²) in [7, 11) is 1.29. The van der Waals surface area contributed by atoms with Gasteiger partial charge in [-0.05, 0) is 42.8 Å². The maximum Gasteiger partial charge on any atom is 0.573 e. The minimum absolute atomic E-state index is 0.265. The predicted octanol–water partition coefficient (Wildman–Crippen LogP) is 5.87.